The van der Waals surface area contributed by atoms with Gasteiger partial charge in [-0.15, -0.1) is 11.6 Å². The van der Waals surface area contributed by atoms with Crippen molar-refractivity contribution in [1.82, 2.24) is 4.90 Å². The number of nitro benzene ring substituents is 1. The van der Waals surface area contributed by atoms with E-state index in [1.165, 1.54) is 24.3 Å². The lowest BCUT2D eigenvalue weighted by Gasteiger charge is -2.29. The second-order valence-electron chi connectivity index (χ2n) is 4.27. The topological polar surface area (TPSA) is 63.4 Å². The Bertz CT molecular complexity index is 453. The summed E-state index contributed by atoms with van der Waals surface area (Å²) in [4.78, 5) is 23.9. The number of halogens is 1. The number of nitro groups is 1. The molecule has 2 rings (SSSR count). The minimum atomic E-state index is -0.479. The van der Waals surface area contributed by atoms with Crippen molar-refractivity contribution in [3.8, 4) is 0 Å². The average Bonchev–Trinajstić information content (AvgIpc) is 2.39. The van der Waals surface area contributed by atoms with Crippen LogP contribution < -0.4 is 0 Å². The van der Waals surface area contributed by atoms with Crippen LogP contribution in [0.15, 0.2) is 24.3 Å². The fourth-order valence-electron chi connectivity index (χ4n) is 1.96. The number of non-ortho nitro benzene ring substituents is 1. The fraction of sp³-hybridized carbons (Fsp3) is 0.417. The van der Waals surface area contributed by atoms with Gasteiger partial charge in [0.1, 0.15) is 0 Å². The molecule has 1 aromatic carbocycles. The highest BCUT2D eigenvalue weighted by atomic mass is 35.5. The number of rotatable bonds is 2. The zero-order chi connectivity index (χ0) is 13.1. The van der Waals surface area contributed by atoms with Crippen LogP contribution in [-0.4, -0.2) is 34.2 Å². The first kappa shape index (κ1) is 12.8. The van der Waals surface area contributed by atoms with E-state index in [9.17, 15) is 14.9 Å². The summed E-state index contributed by atoms with van der Waals surface area (Å²) < 4.78 is 0. The second-order valence-corrected chi connectivity index (χ2v) is 4.89. The van der Waals surface area contributed by atoms with E-state index in [1.54, 1.807) is 4.90 Å². The predicted octanol–water partition coefficient (Wildman–Crippen LogP) is 2.44. The van der Waals surface area contributed by atoms with E-state index in [0.717, 1.165) is 12.8 Å². The van der Waals surface area contributed by atoms with Crippen molar-refractivity contribution in [3.05, 3.63) is 39.9 Å². The van der Waals surface area contributed by atoms with Crippen LogP contribution >= 0.6 is 11.6 Å². The van der Waals surface area contributed by atoms with Crippen LogP contribution in [0, 0.1) is 10.1 Å². The SMILES string of the molecule is O=C(c1ccc([N+](=O)[O-])cc1)N1CCC(Cl)CC1. The summed E-state index contributed by atoms with van der Waals surface area (Å²) in [5.41, 5.74) is 0.472. The Hall–Kier alpha value is -1.62. The number of benzene rings is 1. The summed E-state index contributed by atoms with van der Waals surface area (Å²) in [6, 6.07) is 5.68. The van der Waals surface area contributed by atoms with Crippen molar-refractivity contribution in [2.75, 3.05) is 13.1 Å². The maximum Gasteiger partial charge on any atom is 0.269 e. The molecule has 0 aliphatic carbocycles. The standard InChI is InChI=1S/C12H13ClN2O3/c13-10-5-7-14(8-6-10)12(16)9-1-3-11(4-2-9)15(17)18/h1-4,10H,5-8H2. The van der Waals surface area contributed by atoms with E-state index in [1.807, 2.05) is 0 Å². The molecule has 1 amide bonds. The first-order chi connectivity index (χ1) is 8.58. The maximum atomic E-state index is 12.1. The Morgan fingerprint density at radius 2 is 1.83 bits per heavy atom. The van der Waals surface area contributed by atoms with Crippen molar-refractivity contribution in [2.45, 2.75) is 18.2 Å². The van der Waals surface area contributed by atoms with Gasteiger partial charge in [-0.05, 0) is 25.0 Å². The van der Waals surface area contributed by atoms with Crippen LogP contribution in [0.5, 0.6) is 0 Å². The summed E-state index contributed by atoms with van der Waals surface area (Å²) in [5, 5.41) is 10.7. The molecule has 0 N–H and O–H groups in total. The quantitative estimate of drug-likeness (QED) is 0.470. The van der Waals surface area contributed by atoms with Gasteiger partial charge in [0.2, 0.25) is 0 Å². The minimum absolute atomic E-state index is 0.00832. The van der Waals surface area contributed by atoms with Crippen molar-refractivity contribution in [3.63, 3.8) is 0 Å². The molecule has 0 saturated carbocycles. The van der Waals surface area contributed by atoms with E-state index < -0.39 is 4.92 Å². The van der Waals surface area contributed by atoms with Crippen LogP contribution in [0.4, 0.5) is 5.69 Å². The third kappa shape index (κ3) is 2.79. The summed E-state index contributed by atoms with van der Waals surface area (Å²) in [6.07, 6.45) is 1.58. The maximum absolute atomic E-state index is 12.1. The third-order valence-electron chi connectivity index (χ3n) is 3.04. The average molecular weight is 269 g/mol. The number of carbonyl (C=O) groups excluding carboxylic acids is 1. The van der Waals surface area contributed by atoms with Crippen LogP contribution in [-0.2, 0) is 0 Å². The number of alkyl halides is 1. The smallest absolute Gasteiger partial charge is 0.269 e. The molecule has 18 heavy (non-hydrogen) atoms. The van der Waals surface area contributed by atoms with Crippen molar-refractivity contribution in [2.24, 2.45) is 0 Å². The Morgan fingerprint density at radius 3 is 2.33 bits per heavy atom. The highest BCUT2D eigenvalue weighted by molar-refractivity contribution is 6.20. The van der Waals surface area contributed by atoms with Crippen LogP contribution in [0.2, 0.25) is 0 Å². The monoisotopic (exact) mass is 268 g/mol. The zero-order valence-corrected chi connectivity index (χ0v) is 10.5. The molecule has 0 spiro atoms. The normalized spacial score (nSPS) is 16.6. The van der Waals surface area contributed by atoms with Gasteiger partial charge in [-0.3, -0.25) is 14.9 Å². The second kappa shape index (κ2) is 5.35. The number of hydrogen-bond donors (Lipinski definition) is 0. The molecule has 1 saturated heterocycles. The predicted molar refractivity (Wildman–Crippen MR) is 67.9 cm³/mol. The molecule has 6 heteroatoms. The van der Waals surface area contributed by atoms with Crippen LogP contribution in [0.25, 0.3) is 0 Å². The molecule has 0 radical (unpaired) electrons. The lowest BCUT2D eigenvalue weighted by atomic mass is 10.1. The van der Waals surface area contributed by atoms with Gasteiger partial charge in [-0.25, -0.2) is 0 Å². The lowest BCUT2D eigenvalue weighted by molar-refractivity contribution is -0.384. The van der Waals surface area contributed by atoms with E-state index >= 15 is 0 Å². The zero-order valence-electron chi connectivity index (χ0n) is 9.71. The number of carbonyl (C=O) groups is 1. The Kier molecular flexibility index (Phi) is 3.81. The number of likely N-dealkylation sites (tertiary alicyclic amines) is 1. The highest BCUT2D eigenvalue weighted by Crippen LogP contribution is 2.19. The van der Waals surface area contributed by atoms with Gasteiger partial charge in [0, 0.05) is 36.2 Å². The largest absolute Gasteiger partial charge is 0.339 e. The first-order valence-electron chi connectivity index (χ1n) is 5.76. The Balaban J connectivity index is 2.07. The molecule has 0 atom stereocenters. The summed E-state index contributed by atoms with van der Waals surface area (Å²) in [6.45, 7) is 1.29. The van der Waals surface area contributed by atoms with Gasteiger partial charge in [0.15, 0.2) is 0 Å². The van der Waals surface area contributed by atoms with Crippen LogP contribution in [0.3, 0.4) is 0 Å². The van der Waals surface area contributed by atoms with E-state index in [2.05, 4.69) is 0 Å². The first-order valence-corrected chi connectivity index (χ1v) is 6.19. The van der Waals surface area contributed by atoms with Crippen molar-refractivity contribution >= 4 is 23.2 Å². The van der Waals surface area contributed by atoms with Gasteiger partial charge in [-0.2, -0.15) is 0 Å². The molecule has 1 fully saturated rings. The molecule has 96 valence electrons. The summed E-state index contributed by atoms with van der Waals surface area (Å²) in [7, 11) is 0. The molecule has 0 unspecified atom stereocenters. The highest BCUT2D eigenvalue weighted by Gasteiger charge is 2.22. The van der Waals surface area contributed by atoms with Gasteiger partial charge in [0.05, 0.1) is 4.92 Å². The number of piperidine rings is 1. The molecule has 0 aromatic heterocycles. The third-order valence-corrected chi connectivity index (χ3v) is 3.47. The summed E-state index contributed by atoms with van der Waals surface area (Å²) in [5.74, 6) is -0.0894. The summed E-state index contributed by atoms with van der Waals surface area (Å²) >= 11 is 5.98. The van der Waals surface area contributed by atoms with E-state index in [0.29, 0.717) is 18.7 Å². The Labute approximate surface area is 109 Å². The van der Waals surface area contributed by atoms with E-state index in [-0.39, 0.29) is 17.0 Å². The molecule has 1 aliphatic heterocycles. The molecule has 0 bridgehead atoms. The van der Waals surface area contributed by atoms with Gasteiger partial charge in [-0.1, -0.05) is 0 Å². The van der Waals surface area contributed by atoms with Crippen molar-refractivity contribution < 1.29 is 9.72 Å². The van der Waals surface area contributed by atoms with Gasteiger partial charge < -0.3 is 4.90 Å². The molecule has 1 heterocycles. The number of hydrogen-bond acceptors (Lipinski definition) is 3. The molecule has 1 aliphatic rings. The number of amides is 1. The fourth-order valence-corrected chi connectivity index (χ4v) is 2.15. The molecular formula is C12H13ClN2O3. The van der Waals surface area contributed by atoms with Gasteiger partial charge in [0.25, 0.3) is 11.6 Å². The minimum Gasteiger partial charge on any atom is -0.339 e. The van der Waals surface area contributed by atoms with Crippen LogP contribution in [0.1, 0.15) is 23.2 Å². The van der Waals surface area contributed by atoms with Crippen molar-refractivity contribution in [1.29, 1.82) is 0 Å². The van der Waals surface area contributed by atoms with Gasteiger partial charge >= 0.3 is 0 Å². The molecular weight excluding hydrogens is 256 g/mol. The molecule has 1 aromatic rings. The number of nitrogens with zero attached hydrogens (tertiary/aromatic N) is 2. The Morgan fingerprint density at radius 1 is 1.28 bits per heavy atom. The molecule has 5 nitrogen and oxygen atoms in total. The van der Waals surface area contributed by atoms with E-state index in [4.69, 9.17) is 11.6 Å². The lowest BCUT2D eigenvalue weighted by Crippen LogP contribution is -2.38.